The monoisotopic (exact) mass is 276 g/mol. The molecule has 0 aromatic heterocycles. The number of hydrogen-bond donors (Lipinski definition) is 1. The minimum absolute atomic E-state index is 0.437. The molecule has 1 unspecified atom stereocenters. The quantitative estimate of drug-likeness (QED) is 0.738. The molecule has 1 aliphatic heterocycles. The second-order valence-electron chi connectivity index (χ2n) is 5.52. The first-order valence-electron chi connectivity index (χ1n) is 7.95. The van der Waals surface area contributed by atoms with E-state index in [9.17, 15) is 0 Å². The number of nitrogens with zero attached hydrogens (tertiary/aromatic N) is 1. The van der Waals surface area contributed by atoms with E-state index in [-0.39, 0.29) is 0 Å². The molecule has 112 valence electrons. The molecule has 20 heavy (non-hydrogen) atoms. The van der Waals surface area contributed by atoms with Crippen LogP contribution in [-0.4, -0.2) is 32.8 Å². The first-order valence-corrected chi connectivity index (χ1v) is 7.95. The smallest absolute Gasteiger partial charge is 0.0641 e. The van der Waals surface area contributed by atoms with Crippen molar-refractivity contribution in [1.29, 1.82) is 0 Å². The first kappa shape index (κ1) is 15.3. The van der Waals surface area contributed by atoms with Crippen LogP contribution in [0.1, 0.15) is 44.4 Å². The summed E-state index contributed by atoms with van der Waals surface area (Å²) in [7, 11) is 0. The fourth-order valence-corrected chi connectivity index (χ4v) is 2.84. The van der Waals surface area contributed by atoms with Gasteiger partial charge in [-0.2, -0.15) is 0 Å². The van der Waals surface area contributed by atoms with Crippen LogP contribution in [-0.2, 0) is 11.2 Å². The van der Waals surface area contributed by atoms with Crippen molar-refractivity contribution in [3.63, 3.8) is 0 Å². The van der Waals surface area contributed by atoms with Crippen molar-refractivity contribution in [2.24, 2.45) is 0 Å². The highest BCUT2D eigenvalue weighted by molar-refractivity contribution is 5.59. The second-order valence-corrected chi connectivity index (χ2v) is 5.52. The van der Waals surface area contributed by atoms with Crippen LogP contribution in [0.4, 0.5) is 5.69 Å². The van der Waals surface area contributed by atoms with Crippen LogP contribution in [0.15, 0.2) is 18.2 Å². The summed E-state index contributed by atoms with van der Waals surface area (Å²) in [6, 6.07) is 7.35. The van der Waals surface area contributed by atoms with Crippen molar-refractivity contribution in [2.45, 2.75) is 39.7 Å². The lowest BCUT2D eigenvalue weighted by Gasteiger charge is -2.20. The van der Waals surface area contributed by atoms with Crippen molar-refractivity contribution in [2.75, 3.05) is 37.7 Å². The zero-order valence-electron chi connectivity index (χ0n) is 13.1. The van der Waals surface area contributed by atoms with Crippen LogP contribution in [0, 0.1) is 0 Å². The third kappa shape index (κ3) is 3.74. The Morgan fingerprint density at radius 1 is 1.30 bits per heavy atom. The lowest BCUT2D eigenvalue weighted by molar-refractivity contribution is 0.141. The standard InChI is InChI=1S/C17H28N2O/c1-4-11-20-12-10-19-9-8-16-13-15(6-7-17(16)19)14(3)18-5-2/h6-7,13-14,18H,4-5,8-12H2,1-3H3. The van der Waals surface area contributed by atoms with Crippen molar-refractivity contribution in [3.05, 3.63) is 29.3 Å². The Bertz CT molecular complexity index is 419. The molecule has 2 rings (SSSR count). The van der Waals surface area contributed by atoms with Gasteiger partial charge >= 0.3 is 0 Å². The highest BCUT2D eigenvalue weighted by Gasteiger charge is 2.19. The molecular formula is C17H28N2O. The SMILES string of the molecule is CCCOCCN1CCc2cc(C(C)NCC)ccc21. The van der Waals surface area contributed by atoms with Crippen LogP contribution in [0.3, 0.4) is 0 Å². The van der Waals surface area contributed by atoms with Crippen molar-refractivity contribution in [1.82, 2.24) is 5.32 Å². The maximum Gasteiger partial charge on any atom is 0.0641 e. The number of benzene rings is 1. The van der Waals surface area contributed by atoms with Crippen LogP contribution in [0.2, 0.25) is 0 Å². The molecule has 1 atom stereocenters. The third-order valence-corrected chi connectivity index (χ3v) is 3.96. The van der Waals surface area contributed by atoms with Gasteiger partial charge in [-0.05, 0) is 43.5 Å². The van der Waals surface area contributed by atoms with Crippen LogP contribution >= 0.6 is 0 Å². The molecular weight excluding hydrogens is 248 g/mol. The molecule has 0 amide bonds. The largest absolute Gasteiger partial charge is 0.380 e. The average Bonchev–Trinajstić information content (AvgIpc) is 2.86. The summed E-state index contributed by atoms with van der Waals surface area (Å²) in [5, 5.41) is 3.48. The van der Waals surface area contributed by atoms with Gasteiger partial charge in [-0.3, -0.25) is 0 Å². The molecule has 0 bridgehead atoms. The van der Waals surface area contributed by atoms with Crippen molar-refractivity contribution in [3.8, 4) is 0 Å². The van der Waals surface area contributed by atoms with Gasteiger partial charge < -0.3 is 15.0 Å². The minimum Gasteiger partial charge on any atom is -0.380 e. The summed E-state index contributed by atoms with van der Waals surface area (Å²) in [6.45, 7) is 11.4. The molecule has 0 saturated heterocycles. The van der Waals surface area contributed by atoms with Gasteiger partial charge in [0, 0.05) is 31.4 Å². The van der Waals surface area contributed by atoms with Crippen LogP contribution < -0.4 is 10.2 Å². The minimum atomic E-state index is 0.437. The van der Waals surface area contributed by atoms with E-state index >= 15 is 0 Å². The summed E-state index contributed by atoms with van der Waals surface area (Å²) >= 11 is 0. The zero-order chi connectivity index (χ0) is 14.4. The van der Waals surface area contributed by atoms with E-state index in [4.69, 9.17) is 4.74 Å². The van der Waals surface area contributed by atoms with E-state index in [1.165, 1.54) is 16.8 Å². The summed E-state index contributed by atoms with van der Waals surface area (Å²) < 4.78 is 5.60. The Labute approximate surface area is 123 Å². The van der Waals surface area contributed by atoms with Gasteiger partial charge in [0.25, 0.3) is 0 Å². The van der Waals surface area contributed by atoms with Gasteiger partial charge in [0.1, 0.15) is 0 Å². The number of fused-ring (bicyclic) bond motifs is 1. The summed E-state index contributed by atoms with van der Waals surface area (Å²) in [5.74, 6) is 0. The zero-order valence-corrected chi connectivity index (χ0v) is 13.1. The molecule has 3 nitrogen and oxygen atoms in total. The molecule has 1 heterocycles. The molecule has 1 aromatic rings. The van der Waals surface area contributed by atoms with Gasteiger partial charge in [-0.15, -0.1) is 0 Å². The Hall–Kier alpha value is -1.06. The maximum atomic E-state index is 5.60. The fraction of sp³-hybridized carbons (Fsp3) is 0.647. The molecule has 1 aromatic carbocycles. The average molecular weight is 276 g/mol. The lowest BCUT2D eigenvalue weighted by Crippen LogP contribution is -2.25. The Kier molecular flexibility index (Phi) is 5.86. The van der Waals surface area contributed by atoms with Gasteiger partial charge in [0.15, 0.2) is 0 Å². The number of nitrogens with one attached hydrogen (secondary N) is 1. The number of anilines is 1. The Morgan fingerprint density at radius 3 is 2.90 bits per heavy atom. The van der Waals surface area contributed by atoms with Gasteiger partial charge in [0.2, 0.25) is 0 Å². The number of rotatable bonds is 8. The molecule has 0 saturated carbocycles. The molecule has 3 heteroatoms. The Balaban J connectivity index is 1.95. The highest BCUT2D eigenvalue weighted by atomic mass is 16.5. The van der Waals surface area contributed by atoms with E-state index in [1.807, 2.05) is 0 Å². The molecule has 0 spiro atoms. The van der Waals surface area contributed by atoms with E-state index in [0.29, 0.717) is 6.04 Å². The van der Waals surface area contributed by atoms with Gasteiger partial charge in [-0.1, -0.05) is 26.0 Å². The number of ether oxygens (including phenoxy) is 1. The second kappa shape index (κ2) is 7.65. The molecule has 0 radical (unpaired) electrons. The lowest BCUT2D eigenvalue weighted by atomic mass is 10.0. The fourth-order valence-electron chi connectivity index (χ4n) is 2.84. The van der Waals surface area contributed by atoms with Crippen molar-refractivity contribution >= 4 is 5.69 Å². The summed E-state index contributed by atoms with van der Waals surface area (Å²) in [5.41, 5.74) is 4.29. The van der Waals surface area contributed by atoms with Crippen LogP contribution in [0.5, 0.6) is 0 Å². The molecule has 1 N–H and O–H groups in total. The predicted molar refractivity (Wildman–Crippen MR) is 85.6 cm³/mol. The normalized spacial score (nSPS) is 15.4. The van der Waals surface area contributed by atoms with E-state index in [0.717, 1.165) is 45.7 Å². The first-order chi connectivity index (χ1) is 9.76. The topological polar surface area (TPSA) is 24.5 Å². The van der Waals surface area contributed by atoms with E-state index < -0.39 is 0 Å². The summed E-state index contributed by atoms with van der Waals surface area (Å²) in [4.78, 5) is 2.45. The maximum absolute atomic E-state index is 5.60. The predicted octanol–water partition coefficient (Wildman–Crippen LogP) is 3.15. The van der Waals surface area contributed by atoms with Crippen molar-refractivity contribution < 1.29 is 4.74 Å². The molecule has 1 aliphatic rings. The molecule has 0 aliphatic carbocycles. The van der Waals surface area contributed by atoms with E-state index in [1.54, 1.807) is 0 Å². The Morgan fingerprint density at radius 2 is 2.15 bits per heavy atom. The van der Waals surface area contributed by atoms with E-state index in [2.05, 4.69) is 49.2 Å². The number of hydrogen-bond acceptors (Lipinski definition) is 3. The third-order valence-electron chi connectivity index (χ3n) is 3.96. The van der Waals surface area contributed by atoms with Gasteiger partial charge in [0.05, 0.1) is 6.61 Å². The van der Waals surface area contributed by atoms with Crippen LogP contribution in [0.25, 0.3) is 0 Å². The molecule has 0 fully saturated rings. The van der Waals surface area contributed by atoms with Gasteiger partial charge in [-0.25, -0.2) is 0 Å². The highest BCUT2D eigenvalue weighted by Crippen LogP contribution is 2.30. The summed E-state index contributed by atoms with van der Waals surface area (Å²) in [6.07, 6.45) is 2.26.